The molecule has 0 aliphatic rings. The van der Waals surface area contributed by atoms with Crippen LogP contribution in [0.5, 0.6) is 0 Å². The van der Waals surface area contributed by atoms with Gasteiger partial charge in [0.05, 0.1) is 4.47 Å². The molecule has 1 N–H and O–H groups in total. The van der Waals surface area contributed by atoms with Gasteiger partial charge in [0.25, 0.3) is 0 Å². The lowest BCUT2D eigenvalue weighted by Crippen LogP contribution is -2.15. The van der Waals surface area contributed by atoms with Gasteiger partial charge in [-0.3, -0.25) is 0 Å². The molecule has 1 aromatic rings. The van der Waals surface area contributed by atoms with Gasteiger partial charge in [0, 0.05) is 6.61 Å². The van der Waals surface area contributed by atoms with Gasteiger partial charge in [-0.05, 0) is 40.5 Å². The molecule has 0 aliphatic heterocycles. The summed E-state index contributed by atoms with van der Waals surface area (Å²) >= 11 is 2.99. The molecule has 0 aromatic heterocycles. The Balaban J connectivity index is 3.01. The van der Waals surface area contributed by atoms with Crippen molar-refractivity contribution >= 4 is 21.9 Å². The van der Waals surface area contributed by atoms with E-state index in [1.54, 1.807) is 6.92 Å². The topological polar surface area (TPSA) is 46.5 Å². The first-order chi connectivity index (χ1) is 7.06. The van der Waals surface area contributed by atoms with Crippen molar-refractivity contribution in [2.75, 3.05) is 6.61 Å². The number of aliphatic carboxylic acids is 1. The van der Waals surface area contributed by atoms with Gasteiger partial charge in [0.15, 0.2) is 6.10 Å². The van der Waals surface area contributed by atoms with Crippen LogP contribution in [0.25, 0.3) is 0 Å². The van der Waals surface area contributed by atoms with E-state index in [2.05, 4.69) is 15.9 Å². The molecular weight excluding hydrogens is 267 g/mol. The molecule has 82 valence electrons. The summed E-state index contributed by atoms with van der Waals surface area (Å²) < 4.78 is 18.4. The van der Waals surface area contributed by atoms with Crippen LogP contribution in [0.3, 0.4) is 0 Å². The first kappa shape index (κ1) is 12.1. The van der Waals surface area contributed by atoms with E-state index in [1.807, 2.05) is 0 Å². The lowest BCUT2D eigenvalue weighted by Gasteiger charge is -2.12. The minimum Gasteiger partial charge on any atom is -0.479 e. The molecule has 3 nitrogen and oxygen atoms in total. The highest BCUT2D eigenvalue weighted by Crippen LogP contribution is 2.23. The van der Waals surface area contributed by atoms with Gasteiger partial charge < -0.3 is 9.84 Å². The van der Waals surface area contributed by atoms with E-state index >= 15 is 0 Å². The van der Waals surface area contributed by atoms with Crippen molar-refractivity contribution in [2.45, 2.75) is 13.0 Å². The number of benzene rings is 1. The second kappa shape index (κ2) is 5.23. The van der Waals surface area contributed by atoms with Crippen LogP contribution in [0, 0.1) is 5.82 Å². The summed E-state index contributed by atoms with van der Waals surface area (Å²) in [6, 6.07) is 4.12. The molecule has 0 bridgehead atoms. The molecule has 0 radical (unpaired) electrons. The summed E-state index contributed by atoms with van der Waals surface area (Å²) in [6.07, 6.45) is -1.11. The molecule has 1 unspecified atom stereocenters. The van der Waals surface area contributed by atoms with Crippen molar-refractivity contribution in [3.05, 3.63) is 34.1 Å². The van der Waals surface area contributed by atoms with Crippen molar-refractivity contribution in [1.29, 1.82) is 0 Å². The average molecular weight is 277 g/mol. The Bertz CT molecular complexity index is 368. The highest BCUT2D eigenvalue weighted by Gasteiger charge is 2.20. The Labute approximate surface area is 95.0 Å². The number of hydrogen-bond donors (Lipinski definition) is 1. The maximum Gasteiger partial charge on any atom is 0.337 e. The predicted octanol–water partition coefficient (Wildman–Crippen LogP) is 2.75. The minimum absolute atomic E-state index is 0.259. The molecule has 0 spiro atoms. The van der Waals surface area contributed by atoms with Gasteiger partial charge in [0.2, 0.25) is 0 Å². The van der Waals surface area contributed by atoms with Crippen LogP contribution < -0.4 is 0 Å². The maximum absolute atomic E-state index is 13.1. The first-order valence-electron chi connectivity index (χ1n) is 4.35. The molecule has 0 amide bonds. The van der Waals surface area contributed by atoms with E-state index in [9.17, 15) is 9.18 Å². The summed E-state index contributed by atoms with van der Waals surface area (Å²) in [5, 5.41) is 8.86. The number of halogens is 2. The molecule has 0 saturated heterocycles. The monoisotopic (exact) mass is 276 g/mol. The van der Waals surface area contributed by atoms with Crippen LogP contribution in [0.4, 0.5) is 4.39 Å². The quantitative estimate of drug-likeness (QED) is 0.920. The molecular formula is C10H10BrFO3. The fourth-order valence-corrected chi connectivity index (χ4v) is 1.40. The second-order valence-electron chi connectivity index (χ2n) is 2.85. The van der Waals surface area contributed by atoms with E-state index in [4.69, 9.17) is 9.84 Å². The Morgan fingerprint density at radius 2 is 2.33 bits per heavy atom. The third kappa shape index (κ3) is 3.00. The molecule has 15 heavy (non-hydrogen) atoms. The number of rotatable bonds is 4. The zero-order chi connectivity index (χ0) is 11.4. The van der Waals surface area contributed by atoms with Gasteiger partial charge in [0.1, 0.15) is 5.82 Å². The predicted molar refractivity (Wildman–Crippen MR) is 56.1 cm³/mol. The van der Waals surface area contributed by atoms with Crippen LogP contribution in [0.2, 0.25) is 0 Å². The van der Waals surface area contributed by atoms with Crippen LogP contribution in [-0.2, 0) is 9.53 Å². The van der Waals surface area contributed by atoms with Gasteiger partial charge in [-0.2, -0.15) is 0 Å². The summed E-state index contributed by atoms with van der Waals surface area (Å²) in [5.74, 6) is -1.63. The highest BCUT2D eigenvalue weighted by molar-refractivity contribution is 9.10. The number of hydrogen-bond acceptors (Lipinski definition) is 2. The molecule has 1 rings (SSSR count). The number of carboxylic acids is 1. The van der Waals surface area contributed by atoms with Crippen molar-refractivity contribution < 1.29 is 19.0 Å². The first-order valence-corrected chi connectivity index (χ1v) is 5.15. The smallest absolute Gasteiger partial charge is 0.337 e. The zero-order valence-corrected chi connectivity index (χ0v) is 9.62. The van der Waals surface area contributed by atoms with Crippen LogP contribution >= 0.6 is 15.9 Å². The maximum atomic E-state index is 13.1. The minimum atomic E-state index is -1.13. The zero-order valence-electron chi connectivity index (χ0n) is 8.04. The largest absolute Gasteiger partial charge is 0.479 e. The highest BCUT2D eigenvalue weighted by atomic mass is 79.9. The average Bonchev–Trinajstić information content (AvgIpc) is 2.18. The molecule has 0 heterocycles. The lowest BCUT2D eigenvalue weighted by molar-refractivity contribution is -0.150. The number of carbonyl (C=O) groups is 1. The van der Waals surface area contributed by atoms with Gasteiger partial charge in [-0.1, -0.05) is 6.07 Å². The van der Waals surface area contributed by atoms with Gasteiger partial charge in [-0.15, -0.1) is 0 Å². The molecule has 0 aliphatic carbocycles. The molecule has 0 fully saturated rings. The number of ether oxygens (including phenoxy) is 1. The Morgan fingerprint density at radius 1 is 1.67 bits per heavy atom. The fourth-order valence-electron chi connectivity index (χ4n) is 1.15. The third-order valence-corrected chi connectivity index (χ3v) is 2.45. The summed E-state index contributed by atoms with van der Waals surface area (Å²) in [6.45, 7) is 1.94. The third-order valence-electron chi connectivity index (χ3n) is 1.80. The van der Waals surface area contributed by atoms with Crippen molar-refractivity contribution in [3.63, 3.8) is 0 Å². The van der Waals surface area contributed by atoms with Crippen molar-refractivity contribution in [1.82, 2.24) is 0 Å². The Hall–Kier alpha value is -0.940. The van der Waals surface area contributed by atoms with E-state index in [0.717, 1.165) is 6.07 Å². The van der Waals surface area contributed by atoms with Gasteiger partial charge >= 0.3 is 5.97 Å². The Kier molecular flexibility index (Phi) is 4.23. The van der Waals surface area contributed by atoms with E-state index in [1.165, 1.54) is 12.1 Å². The van der Waals surface area contributed by atoms with Crippen molar-refractivity contribution in [2.24, 2.45) is 0 Å². The standard InChI is InChI=1S/C10H10BrFO3/c1-2-15-9(10(13)14)6-3-4-7(11)8(12)5-6/h3-5,9H,2H2,1H3,(H,13,14). The van der Waals surface area contributed by atoms with E-state index in [0.29, 0.717) is 10.0 Å². The van der Waals surface area contributed by atoms with Crippen LogP contribution in [0.15, 0.2) is 22.7 Å². The van der Waals surface area contributed by atoms with Crippen molar-refractivity contribution in [3.8, 4) is 0 Å². The fraction of sp³-hybridized carbons (Fsp3) is 0.300. The molecule has 0 saturated carbocycles. The number of carboxylic acid groups (broad SMARTS) is 1. The normalized spacial score (nSPS) is 12.5. The summed E-state index contributed by atoms with van der Waals surface area (Å²) in [5.41, 5.74) is 0.296. The lowest BCUT2D eigenvalue weighted by atomic mass is 10.1. The second-order valence-corrected chi connectivity index (χ2v) is 3.70. The molecule has 1 atom stereocenters. The SMILES string of the molecule is CCOC(C(=O)O)c1ccc(Br)c(F)c1. The summed E-state index contributed by atoms with van der Waals surface area (Å²) in [4.78, 5) is 10.8. The summed E-state index contributed by atoms with van der Waals surface area (Å²) in [7, 11) is 0. The molecule has 5 heteroatoms. The Morgan fingerprint density at radius 3 is 2.80 bits per heavy atom. The van der Waals surface area contributed by atoms with Crippen LogP contribution in [0.1, 0.15) is 18.6 Å². The van der Waals surface area contributed by atoms with E-state index < -0.39 is 17.9 Å². The molecule has 1 aromatic carbocycles. The van der Waals surface area contributed by atoms with E-state index in [-0.39, 0.29) is 6.61 Å². The van der Waals surface area contributed by atoms with Gasteiger partial charge in [-0.25, -0.2) is 9.18 Å². The van der Waals surface area contributed by atoms with Crippen LogP contribution in [-0.4, -0.2) is 17.7 Å².